The lowest BCUT2D eigenvalue weighted by Gasteiger charge is -2.09. The molecule has 1 aromatic carbocycles. The van der Waals surface area contributed by atoms with Gasteiger partial charge in [0.25, 0.3) is 0 Å². The smallest absolute Gasteiger partial charge is 0.225 e. The van der Waals surface area contributed by atoms with E-state index in [4.69, 9.17) is 0 Å². The summed E-state index contributed by atoms with van der Waals surface area (Å²) in [4.78, 5) is 11.5. The third kappa shape index (κ3) is 3.72. The molecule has 3 heteroatoms. The van der Waals surface area contributed by atoms with Gasteiger partial charge in [0, 0.05) is 18.7 Å². The van der Waals surface area contributed by atoms with E-state index >= 15 is 0 Å². The molecule has 0 bridgehead atoms. The summed E-state index contributed by atoms with van der Waals surface area (Å²) in [7, 11) is 1.84. The van der Waals surface area contributed by atoms with Crippen molar-refractivity contribution in [1.29, 1.82) is 0 Å². The Morgan fingerprint density at radius 3 is 2.73 bits per heavy atom. The number of hydrogen-bond acceptors (Lipinski definition) is 2. The van der Waals surface area contributed by atoms with Crippen LogP contribution in [-0.2, 0) is 4.79 Å². The molecular formula is C12H18N2O. The summed E-state index contributed by atoms with van der Waals surface area (Å²) in [5.74, 6) is 0.0538. The van der Waals surface area contributed by atoms with Crippen LogP contribution in [0, 0.1) is 13.8 Å². The van der Waals surface area contributed by atoms with Crippen LogP contribution in [-0.4, -0.2) is 19.5 Å². The zero-order valence-corrected chi connectivity index (χ0v) is 9.55. The van der Waals surface area contributed by atoms with Crippen LogP contribution < -0.4 is 10.6 Å². The van der Waals surface area contributed by atoms with Crippen LogP contribution in [0.25, 0.3) is 0 Å². The van der Waals surface area contributed by atoms with E-state index in [0.717, 1.165) is 16.8 Å². The van der Waals surface area contributed by atoms with Gasteiger partial charge < -0.3 is 10.6 Å². The minimum Gasteiger partial charge on any atom is -0.326 e. The van der Waals surface area contributed by atoms with Gasteiger partial charge in [0.15, 0.2) is 0 Å². The molecule has 0 aliphatic carbocycles. The molecule has 0 heterocycles. The van der Waals surface area contributed by atoms with Gasteiger partial charge in [-0.3, -0.25) is 4.79 Å². The summed E-state index contributed by atoms with van der Waals surface area (Å²) in [6.07, 6.45) is 0.504. The fourth-order valence-electron chi connectivity index (χ4n) is 1.32. The van der Waals surface area contributed by atoms with E-state index in [9.17, 15) is 4.79 Å². The number of nitrogens with one attached hydrogen (secondary N) is 2. The molecular weight excluding hydrogens is 188 g/mol. The molecule has 15 heavy (non-hydrogen) atoms. The fraction of sp³-hybridized carbons (Fsp3) is 0.417. The minimum absolute atomic E-state index is 0.0538. The Morgan fingerprint density at radius 2 is 2.07 bits per heavy atom. The van der Waals surface area contributed by atoms with Gasteiger partial charge in [0.2, 0.25) is 5.91 Å². The van der Waals surface area contributed by atoms with Crippen molar-refractivity contribution in [3.8, 4) is 0 Å². The van der Waals surface area contributed by atoms with Crippen molar-refractivity contribution < 1.29 is 4.79 Å². The fourth-order valence-corrected chi connectivity index (χ4v) is 1.32. The van der Waals surface area contributed by atoms with Crippen LogP contribution in [0.2, 0.25) is 0 Å². The molecule has 0 atom stereocenters. The Kier molecular flexibility index (Phi) is 4.31. The topological polar surface area (TPSA) is 41.1 Å². The highest BCUT2D eigenvalue weighted by Crippen LogP contribution is 2.16. The Hall–Kier alpha value is -1.35. The highest BCUT2D eigenvalue weighted by atomic mass is 16.1. The first kappa shape index (κ1) is 11.7. The number of amides is 1. The van der Waals surface area contributed by atoms with Crippen molar-refractivity contribution in [3.05, 3.63) is 29.3 Å². The van der Waals surface area contributed by atoms with Crippen molar-refractivity contribution in [2.45, 2.75) is 20.3 Å². The van der Waals surface area contributed by atoms with Gasteiger partial charge in [-0.05, 0) is 38.1 Å². The van der Waals surface area contributed by atoms with Crippen LogP contribution in [0.15, 0.2) is 18.2 Å². The minimum atomic E-state index is 0.0538. The maximum atomic E-state index is 11.5. The third-order valence-electron chi connectivity index (χ3n) is 2.27. The maximum absolute atomic E-state index is 11.5. The van der Waals surface area contributed by atoms with Gasteiger partial charge in [0.05, 0.1) is 0 Å². The van der Waals surface area contributed by atoms with Crippen LogP contribution in [0.3, 0.4) is 0 Å². The largest absolute Gasteiger partial charge is 0.326 e. The van der Waals surface area contributed by atoms with E-state index in [0.29, 0.717) is 13.0 Å². The summed E-state index contributed by atoms with van der Waals surface area (Å²) in [5.41, 5.74) is 3.17. The molecule has 0 spiro atoms. The number of benzene rings is 1. The Balaban J connectivity index is 2.63. The standard InChI is InChI=1S/C12H18N2O/c1-9-4-5-10(2)11(8-9)14-12(15)6-7-13-3/h4-5,8,13H,6-7H2,1-3H3,(H,14,15). The van der Waals surface area contributed by atoms with E-state index in [1.165, 1.54) is 0 Å². The third-order valence-corrected chi connectivity index (χ3v) is 2.27. The molecule has 1 aromatic rings. The zero-order chi connectivity index (χ0) is 11.3. The molecule has 0 aromatic heterocycles. The van der Waals surface area contributed by atoms with Crippen LogP contribution in [0.4, 0.5) is 5.69 Å². The van der Waals surface area contributed by atoms with E-state index < -0.39 is 0 Å². The van der Waals surface area contributed by atoms with Crippen LogP contribution in [0.1, 0.15) is 17.5 Å². The predicted octanol–water partition coefficient (Wildman–Crippen LogP) is 1.85. The second-order valence-electron chi connectivity index (χ2n) is 3.72. The highest BCUT2D eigenvalue weighted by Gasteiger charge is 2.03. The zero-order valence-electron chi connectivity index (χ0n) is 9.55. The summed E-state index contributed by atoms with van der Waals surface area (Å²) in [6.45, 7) is 4.71. The number of anilines is 1. The van der Waals surface area contributed by atoms with Crippen molar-refractivity contribution in [2.75, 3.05) is 18.9 Å². The summed E-state index contributed by atoms with van der Waals surface area (Å²) in [5, 5.41) is 5.86. The molecule has 0 saturated heterocycles. The number of rotatable bonds is 4. The Labute approximate surface area is 90.9 Å². The molecule has 2 N–H and O–H groups in total. The molecule has 0 radical (unpaired) electrons. The second-order valence-corrected chi connectivity index (χ2v) is 3.72. The number of hydrogen-bond donors (Lipinski definition) is 2. The number of carbonyl (C=O) groups excluding carboxylic acids is 1. The summed E-state index contributed by atoms with van der Waals surface area (Å²) < 4.78 is 0. The molecule has 1 rings (SSSR count). The first-order valence-corrected chi connectivity index (χ1v) is 5.15. The van der Waals surface area contributed by atoms with Gasteiger partial charge in [-0.15, -0.1) is 0 Å². The van der Waals surface area contributed by atoms with E-state index in [1.807, 2.05) is 39.1 Å². The van der Waals surface area contributed by atoms with Crippen molar-refractivity contribution >= 4 is 11.6 Å². The molecule has 82 valence electrons. The second kappa shape index (κ2) is 5.51. The monoisotopic (exact) mass is 206 g/mol. The van der Waals surface area contributed by atoms with Gasteiger partial charge in [-0.1, -0.05) is 12.1 Å². The molecule has 0 aliphatic rings. The first-order chi connectivity index (χ1) is 7.13. The lowest BCUT2D eigenvalue weighted by Crippen LogP contribution is -2.19. The Bertz CT molecular complexity index is 347. The van der Waals surface area contributed by atoms with Crippen LogP contribution in [0.5, 0.6) is 0 Å². The molecule has 0 aliphatic heterocycles. The number of aryl methyl sites for hydroxylation is 2. The average Bonchev–Trinajstić information content (AvgIpc) is 2.20. The van der Waals surface area contributed by atoms with Gasteiger partial charge in [0.1, 0.15) is 0 Å². The lowest BCUT2D eigenvalue weighted by atomic mass is 10.1. The molecule has 0 unspecified atom stereocenters. The highest BCUT2D eigenvalue weighted by molar-refractivity contribution is 5.91. The van der Waals surface area contributed by atoms with E-state index in [2.05, 4.69) is 10.6 Å². The Morgan fingerprint density at radius 1 is 1.33 bits per heavy atom. The SMILES string of the molecule is CNCCC(=O)Nc1cc(C)ccc1C. The molecule has 1 amide bonds. The van der Waals surface area contributed by atoms with Gasteiger partial charge in [-0.2, -0.15) is 0 Å². The van der Waals surface area contributed by atoms with E-state index in [-0.39, 0.29) is 5.91 Å². The molecule has 0 saturated carbocycles. The van der Waals surface area contributed by atoms with Crippen molar-refractivity contribution in [1.82, 2.24) is 5.32 Å². The first-order valence-electron chi connectivity index (χ1n) is 5.15. The lowest BCUT2D eigenvalue weighted by molar-refractivity contribution is -0.116. The van der Waals surface area contributed by atoms with Crippen molar-refractivity contribution in [3.63, 3.8) is 0 Å². The predicted molar refractivity (Wildman–Crippen MR) is 63.1 cm³/mol. The molecule has 0 fully saturated rings. The normalized spacial score (nSPS) is 10.1. The van der Waals surface area contributed by atoms with Gasteiger partial charge in [-0.25, -0.2) is 0 Å². The van der Waals surface area contributed by atoms with E-state index in [1.54, 1.807) is 0 Å². The average molecular weight is 206 g/mol. The number of carbonyl (C=O) groups is 1. The quantitative estimate of drug-likeness (QED) is 0.789. The van der Waals surface area contributed by atoms with Crippen molar-refractivity contribution in [2.24, 2.45) is 0 Å². The van der Waals surface area contributed by atoms with Gasteiger partial charge >= 0.3 is 0 Å². The van der Waals surface area contributed by atoms with Crippen LogP contribution >= 0.6 is 0 Å². The summed E-state index contributed by atoms with van der Waals surface area (Å²) in [6, 6.07) is 6.05. The molecule has 3 nitrogen and oxygen atoms in total. The maximum Gasteiger partial charge on any atom is 0.225 e. The summed E-state index contributed by atoms with van der Waals surface area (Å²) >= 11 is 0.